The number of nitrogens with one attached hydrogen (secondary N) is 1. The summed E-state index contributed by atoms with van der Waals surface area (Å²) in [7, 11) is 1.60. The molecule has 16 heteroatoms. The maximum atomic E-state index is 10.7. The summed E-state index contributed by atoms with van der Waals surface area (Å²) in [5.74, 6) is -2.48. The number of aliphatic hydroxyl groups is 8. The van der Waals surface area contributed by atoms with Crippen molar-refractivity contribution in [3.05, 3.63) is 0 Å². The van der Waals surface area contributed by atoms with E-state index < -0.39 is 111 Å². The highest BCUT2D eigenvalue weighted by Gasteiger charge is 2.67. The summed E-state index contributed by atoms with van der Waals surface area (Å²) >= 11 is 0. The fraction of sp³-hybridized carbons (Fsp3) is 1.00. The number of hydrogen-bond acceptors (Lipinski definition) is 16. The third-order valence-corrected chi connectivity index (χ3v) is 7.42. The van der Waals surface area contributed by atoms with Crippen molar-refractivity contribution >= 4 is 0 Å². The van der Waals surface area contributed by atoms with E-state index >= 15 is 0 Å². The summed E-state index contributed by atoms with van der Waals surface area (Å²) in [5.41, 5.74) is 11.8. The molecule has 1 aliphatic carbocycles. The van der Waals surface area contributed by atoms with Crippen LogP contribution < -0.4 is 16.8 Å². The fourth-order valence-electron chi connectivity index (χ4n) is 5.23. The van der Waals surface area contributed by atoms with Gasteiger partial charge in [0.15, 0.2) is 12.4 Å². The van der Waals surface area contributed by atoms with Crippen molar-refractivity contribution in [1.82, 2.24) is 5.32 Å². The number of aliphatic hydroxyl groups excluding tert-OH is 8. The average molecular weight is 528 g/mol. The molecule has 0 radical (unpaired) electrons. The Morgan fingerprint density at radius 1 is 0.944 bits per heavy atom. The second kappa shape index (κ2) is 10.9. The van der Waals surface area contributed by atoms with E-state index in [9.17, 15) is 40.9 Å². The Kier molecular flexibility index (Phi) is 8.55. The van der Waals surface area contributed by atoms with Crippen LogP contribution in [0, 0.1) is 0 Å². The largest absolute Gasteiger partial charge is 0.395 e. The Morgan fingerprint density at radius 3 is 2.22 bits per heavy atom. The van der Waals surface area contributed by atoms with Crippen LogP contribution in [0.25, 0.3) is 0 Å². The highest BCUT2D eigenvalue weighted by Crippen LogP contribution is 2.45. The van der Waals surface area contributed by atoms with Crippen molar-refractivity contribution in [3.63, 3.8) is 0 Å². The topological polar surface area (TPSA) is 272 Å². The zero-order chi connectivity index (χ0) is 26.5. The summed E-state index contributed by atoms with van der Waals surface area (Å²) in [6, 6.07) is -2.50. The van der Waals surface area contributed by atoms with Crippen LogP contribution in [0.15, 0.2) is 0 Å². The van der Waals surface area contributed by atoms with E-state index in [-0.39, 0.29) is 6.42 Å². The molecule has 9 unspecified atom stereocenters. The van der Waals surface area contributed by atoms with Crippen molar-refractivity contribution in [1.29, 1.82) is 0 Å². The van der Waals surface area contributed by atoms with Crippen molar-refractivity contribution in [3.8, 4) is 0 Å². The summed E-state index contributed by atoms with van der Waals surface area (Å²) in [4.78, 5) is 0. The lowest BCUT2D eigenvalue weighted by atomic mass is 9.84. The van der Waals surface area contributed by atoms with Crippen molar-refractivity contribution in [2.45, 2.75) is 104 Å². The molecule has 36 heavy (non-hydrogen) atoms. The smallest absolute Gasteiger partial charge is 0.314 e. The summed E-state index contributed by atoms with van der Waals surface area (Å²) < 4.78 is 28.7. The second-order valence-corrected chi connectivity index (χ2v) is 9.72. The fourth-order valence-corrected chi connectivity index (χ4v) is 5.23. The van der Waals surface area contributed by atoms with Crippen molar-refractivity contribution in [2.75, 3.05) is 20.3 Å². The molecule has 1 spiro atoms. The predicted molar refractivity (Wildman–Crippen MR) is 115 cm³/mol. The van der Waals surface area contributed by atoms with Crippen LogP contribution in [-0.4, -0.2) is 159 Å². The van der Waals surface area contributed by atoms with Gasteiger partial charge in [-0.25, -0.2) is 0 Å². The van der Waals surface area contributed by atoms with E-state index in [4.69, 9.17) is 35.2 Å². The number of hydrogen-bond donors (Lipinski definition) is 11. The Bertz CT molecular complexity index is 756. The summed E-state index contributed by atoms with van der Waals surface area (Å²) in [5, 5.41) is 85.6. The van der Waals surface area contributed by atoms with Crippen molar-refractivity contribution < 1.29 is 64.5 Å². The summed E-state index contributed by atoms with van der Waals surface area (Å²) in [6.45, 7) is -1.33. The molecule has 210 valence electrons. The molecule has 0 amide bonds. The molecule has 16 atom stereocenters. The molecular formula is C20H37N3O13. The van der Waals surface area contributed by atoms with Gasteiger partial charge in [-0.05, 0) is 13.5 Å². The Morgan fingerprint density at radius 2 is 1.61 bits per heavy atom. The number of likely N-dealkylation sites (N-methyl/N-ethyl adjacent to an activating group) is 1. The third-order valence-electron chi connectivity index (χ3n) is 7.42. The minimum atomic E-state index is -2.48. The molecular weight excluding hydrogens is 490 g/mol. The van der Waals surface area contributed by atoms with E-state index in [0.29, 0.717) is 0 Å². The van der Waals surface area contributed by atoms with Crippen LogP contribution in [0.5, 0.6) is 0 Å². The van der Waals surface area contributed by atoms with E-state index in [1.165, 1.54) is 0 Å². The van der Waals surface area contributed by atoms with Crippen molar-refractivity contribution in [2.24, 2.45) is 11.5 Å². The van der Waals surface area contributed by atoms with Crippen LogP contribution in [0.4, 0.5) is 0 Å². The Labute approximate surface area is 206 Å². The first-order valence-corrected chi connectivity index (χ1v) is 11.8. The Hall–Kier alpha value is -0.640. The molecule has 0 aromatic carbocycles. The van der Waals surface area contributed by atoms with Gasteiger partial charge in [0.25, 0.3) is 0 Å². The van der Waals surface area contributed by atoms with Crippen LogP contribution in [0.3, 0.4) is 0 Å². The van der Waals surface area contributed by atoms with Gasteiger partial charge in [0, 0.05) is 12.1 Å². The molecule has 4 fully saturated rings. The number of rotatable bonds is 6. The van der Waals surface area contributed by atoms with Gasteiger partial charge in [0.05, 0.1) is 31.5 Å². The number of fused-ring (bicyclic) bond motifs is 1. The summed E-state index contributed by atoms with van der Waals surface area (Å²) in [6.07, 6.45) is -17.7. The molecule has 0 aromatic heterocycles. The molecule has 13 N–H and O–H groups in total. The molecule has 3 heterocycles. The SMILES string of the molecule is CNC1CC(N)C(O)[C@@H](O[C@@H]2OC(CO)[C@@H](O)[C@@H]3O[C@]4(OC(C(N)CO)[C@H](O)C(O)C4O)O[C@@H]23)C1O. The lowest BCUT2D eigenvalue weighted by molar-refractivity contribution is -0.439. The molecule has 1 saturated carbocycles. The normalized spacial score (nSPS) is 54.4. The zero-order valence-corrected chi connectivity index (χ0v) is 19.6. The molecule has 0 aromatic rings. The molecule has 3 aliphatic heterocycles. The number of ether oxygens (including phenoxy) is 5. The van der Waals surface area contributed by atoms with Gasteiger partial charge in [-0.2, -0.15) is 0 Å². The maximum Gasteiger partial charge on any atom is 0.314 e. The van der Waals surface area contributed by atoms with Crippen LogP contribution in [0.2, 0.25) is 0 Å². The monoisotopic (exact) mass is 527 g/mol. The standard InChI is InChI=1S/C20H37N3O13/c1-23-7-2-5(21)9(26)15(10(7)27)33-19-17-16(11(28)8(4-25)32-19)35-20(36-17)18(31)13(30)12(29)14(34-20)6(22)3-24/h5-19,23-31H,2-4,21-22H2,1H3/t5?,6?,7?,8?,9?,10?,11-,12-,13?,14?,15-,16+,17-,18?,19+,20+/m1/s1. The number of nitrogens with two attached hydrogens (primary N) is 2. The first-order chi connectivity index (χ1) is 17.0. The first kappa shape index (κ1) is 28.4. The molecule has 3 saturated heterocycles. The highest BCUT2D eigenvalue weighted by molar-refractivity contribution is 5.05. The van der Waals surface area contributed by atoms with Gasteiger partial charge in [-0.15, -0.1) is 0 Å². The maximum absolute atomic E-state index is 10.7. The minimum Gasteiger partial charge on any atom is -0.395 e. The molecule has 4 aliphatic rings. The predicted octanol–water partition coefficient (Wildman–Crippen LogP) is -7.27. The van der Waals surface area contributed by atoms with E-state index in [1.54, 1.807) is 7.05 Å². The Balaban J connectivity index is 1.62. The second-order valence-electron chi connectivity index (χ2n) is 9.72. The quantitative estimate of drug-likeness (QED) is 0.153. The van der Waals surface area contributed by atoms with Gasteiger partial charge in [-0.1, -0.05) is 0 Å². The van der Waals surface area contributed by atoms with Crippen LogP contribution >= 0.6 is 0 Å². The third kappa shape index (κ3) is 4.68. The van der Waals surface area contributed by atoms with Gasteiger partial charge in [-0.3, -0.25) is 0 Å². The van der Waals surface area contributed by atoms with Crippen LogP contribution in [0.1, 0.15) is 6.42 Å². The molecule has 0 bridgehead atoms. The first-order valence-electron chi connectivity index (χ1n) is 11.8. The minimum absolute atomic E-state index is 0.254. The van der Waals surface area contributed by atoms with Crippen LogP contribution in [-0.2, 0) is 23.7 Å². The van der Waals surface area contributed by atoms with E-state index in [0.717, 1.165) is 0 Å². The zero-order valence-electron chi connectivity index (χ0n) is 19.6. The van der Waals surface area contributed by atoms with E-state index in [1.807, 2.05) is 0 Å². The lowest BCUT2D eigenvalue weighted by Gasteiger charge is -2.46. The van der Waals surface area contributed by atoms with Gasteiger partial charge in [0.2, 0.25) is 0 Å². The molecule has 16 nitrogen and oxygen atoms in total. The van der Waals surface area contributed by atoms with E-state index in [2.05, 4.69) is 5.32 Å². The molecule has 4 rings (SSSR count). The highest BCUT2D eigenvalue weighted by atomic mass is 16.9. The van der Waals surface area contributed by atoms with Gasteiger partial charge in [0.1, 0.15) is 48.8 Å². The van der Waals surface area contributed by atoms with Gasteiger partial charge < -0.3 is 81.3 Å². The van der Waals surface area contributed by atoms with Gasteiger partial charge >= 0.3 is 5.97 Å². The lowest BCUT2D eigenvalue weighted by Crippen LogP contribution is -2.69. The average Bonchev–Trinajstić information content (AvgIpc) is 3.27.